The van der Waals surface area contributed by atoms with Gasteiger partial charge < -0.3 is 5.73 Å². The second kappa shape index (κ2) is 2.71. The van der Waals surface area contributed by atoms with Gasteiger partial charge in [0.2, 0.25) is 0 Å². The molecule has 2 N–H and O–H groups in total. The molecule has 1 aliphatic carbocycles. The average molecular weight is 184 g/mol. The van der Waals surface area contributed by atoms with Crippen LogP contribution in [0.15, 0.2) is 30.5 Å². The molecule has 14 heavy (non-hydrogen) atoms. The Hall–Kier alpha value is -1.57. The summed E-state index contributed by atoms with van der Waals surface area (Å²) in [5.74, 6) is 0.791. The first-order valence-corrected chi connectivity index (χ1v) is 4.98. The summed E-state index contributed by atoms with van der Waals surface area (Å²) in [4.78, 5) is 4.33. The monoisotopic (exact) mass is 184 g/mol. The van der Waals surface area contributed by atoms with Gasteiger partial charge in [-0.1, -0.05) is 12.1 Å². The lowest BCUT2D eigenvalue weighted by Crippen LogP contribution is -1.88. The zero-order chi connectivity index (χ0) is 9.54. The second-order valence-corrected chi connectivity index (χ2v) is 4.00. The predicted molar refractivity (Wildman–Crippen MR) is 58.1 cm³/mol. The van der Waals surface area contributed by atoms with Gasteiger partial charge >= 0.3 is 0 Å². The average Bonchev–Trinajstić information content (AvgIpc) is 3.00. The number of aromatic nitrogens is 1. The van der Waals surface area contributed by atoms with E-state index >= 15 is 0 Å². The minimum absolute atomic E-state index is 0.733. The first-order chi connectivity index (χ1) is 6.83. The van der Waals surface area contributed by atoms with Crippen LogP contribution in [-0.4, -0.2) is 4.98 Å². The Bertz CT molecular complexity index is 487. The van der Waals surface area contributed by atoms with Crippen molar-refractivity contribution in [2.45, 2.75) is 18.8 Å². The Kier molecular flexibility index (Phi) is 1.51. The van der Waals surface area contributed by atoms with Gasteiger partial charge in [-0.05, 0) is 36.5 Å². The number of nitrogens with two attached hydrogens (primary N) is 1. The van der Waals surface area contributed by atoms with Gasteiger partial charge in [0.05, 0.1) is 17.4 Å². The molecule has 0 aliphatic heterocycles. The number of pyridine rings is 1. The molecule has 2 aromatic rings. The molecule has 2 heteroatoms. The molecule has 0 radical (unpaired) electrons. The lowest BCUT2D eigenvalue weighted by Gasteiger charge is -2.01. The molecular weight excluding hydrogens is 172 g/mol. The fourth-order valence-electron chi connectivity index (χ4n) is 1.83. The molecule has 0 bridgehead atoms. The summed E-state index contributed by atoms with van der Waals surface area (Å²) in [5, 5.41) is 1.13. The molecule has 1 fully saturated rings. The van der Waals surface area contributed by atoms with E-state index in [0.29, 0.717) is 0 Å². The van der Waals surface area contributed by atoms with Gasteiger partial charge in [-0.3, -0.25) is 4.98 Å². The largest absolute Gasteiger partial charge is 0.397 e. The quantitative estimate of drug-likeness (QED) is 0.740. The maximum atomic E-state index is 5.67. The number of benzene rings is 1. The Labute approximate surface area is 82.8 Å². The van der Waals surface area contributed by atoms with Gasteiger partial charge in [0, 0.05) is 5.39 Å². The van der Waals surface area contributed by atoms with Crippen LogP contribution in [-0.2, 0) is 0 Å². The van der Waals surface area contributed by atoms with Gasteiger partial charge in [0.25, 0.3) is 0 Å². The maximum Gasteiger partial charge on any atom is 0.0706 e. The first kappa shape index (κ1) is 7.80. The summed E-state index contributed by atoms with van der Waals surface area (Å²) in [7, 11) is 0. The highest BCUT2D eigenvalue weighted by Crippen LogP contribution is 2.40. The van der Waals surface area contributed by atoms with Crippen LogP contribution in [0.4, 0.5) is 5.69 Å². The molecule has 2 nitrogen and oxygen atoms in total. The van der Waals surface area contributed by atoms with Gasteiger partial charge in [0.15, 0.2) is 0 Å². The van der Waals surface area contributed by atoms with Crippen LogP contribution >= 0.6 is 0 Å². The Morgan fingerprint density at radius 1 is 1.21 bits per heavy atom. The van der Waals surface area contributed by atoms with Crippen molar-refractivity contribution < 1.29 is 0 Å². The van der Waals surface area contributed by atoms with Crippen molar-refractivity contribution in [3.63, 3.8) is 0 Å². The minimum atomic E-state index is 0.733. The van der Waals surface area contributed by atoms with Crippen molar-refractivity contribution in [3.8, 4) is 0 Å². The van der Waals surface area contributed by atoms with Crippen LogP contribution in [0.3, 0.4) is 0 Å². The third-order valence-electron chi connectivity index (χ3n) is 2.78. The molecule has 0 saturated heterocycles. The van der Waals surface area contributed by atoms with E-state index in [0.717, 1.165) is 22.5 Å². The fourth-order valence-corrected chi connectivity index (χ4v) is 1.83. The summed E-state index contributed by atoms with van der Waals surface area (Å²) in [6, 6.07) is 8.47. The highest BCUT2D eigenvalue weighted by Gasteiger charge is 2.23. The lowest BCUT2D eigenvalue weighted by molar-refractivity contribution is 1.13. The van der Waals surface area contributed by atoms with Crippen LogP contribution in [0.1, 0.15) is 24.3 Å². The van der Waals surface area contributed by atoms with Crippen molar-refractivity contribution >= 4 is 16.6 Å². The third kappa shape index (κ3) is 1.23. The molecule has 1 aromatic heterocycles. The van der Waals surface area contributed by atoms with E-state index in [9.17, 15) is 0 Å². The van der Waals surface area contributed by atoms with Gasteiger partial charge in [-0.2, -0.15) is 0 Å². The van der Waals surface area contributed by atoms with Gasteiger partial charge in [-0.25, -0.2) is 0 Å². The first-order valence-electron chi connectivity index (χ1n) is 4.98. The summed E-state index contributed by atoms with van der Waals surface area (Å²) < 4.78 is 0. The van der Waals surface area contributed by atoms with Crippen LogP contribution in [0, 0.1) is 0 Å². The number of nitrogen functional groups attached to an aromatic ring is 1. The van der Waals surface area contributed by atoms with Gasteiger partial charge in [-0.15, -0.1) is 0 Å². The Morgan fingerprint density at radius 2 is 2.07 bits per heavy atom. The molecule has 0 amide bonds. The molecule has 1 saturated carbocycles. The second-order valence-electron chi connectivity index (χ2n) is 4.00. The smallest absolute Gasteiger partial charge is 0.0706 e. The van der Waals surface area contributed by atoms with Crippen molar-refractivity contribution in [2.75, 3.05) is 5.73 Å². The standard InChI is InChI=1S/C12H12N2/c13-11-5-10-4-3-9(8-1-2-8)6-12(10)14-7-11/h3-8H,1-2,13H2. The topological polar surface area (TPSA) is 38.9 Å². The molecular formula is C12H12N2. The summed E-state index contributed by atoms with van der Waals surface area (Å²) in [6.45, 7) is 0. The third-order valence-corrected chi connectivity index (χ3v) is 2.78. The van der Waals surface area contributed by atoms with E-state index in [1.54, 1.807) is 6.20 Å². The highest BCUT2D eigenvalue weighted by atomic mass is 14.7. The van der Waals surface area contributed by atoms with Crippen LogP contribution < -0.4 is 5.73 Å². The molecule has 70 valence electrons. The van der Waals surface area contributed by atoms with Gasteiger partial charge in [0.1, 0.15) is 0 Å². The van der Waals surface area contributed by atoms with Crippen LogP contribution in [0.5, 0.6) is 0 Å². The lowest BCUT2D eigenvalue weighted by atomic mass is 10.1. The van der Waals surface area contributed by atoms with E-state index in [4.69, 9.17) is 5.73 Å². The van der Waals surface area contributed by atoms with E-state index in [1.807, 2.05) is 6.07 Å². The normalized spacial score (nSPS) is 16.0. The van der Waals surface area contributed by atoms with Crippen LogP contribution in [0.25, 0.3) is 10.9 Å². The predicted octanol–water partition coefficient (Wildman–Crippen LogP) is 2.69. The molecule has 1 heterocycles. The number of hydrogen-bond acceptors (Lipinski definition) is 2. The van der Waals surface area contributed by atoms with E-state index in [1.165, 1.54) is 18.4 Å². The number of hydrogen-bond donors (Lipinski definition) is 1. The molecule has 0 unspecified atom stereocenters. The Morgan fingerprint density at radius 3 is 2.86 bits per heavy atom. The summed E-state index contributed by atoms with van der Waals surface area (Å²) in [6.07, 6.45) is 4.39. The van der Waals surface area contributed by atoms with E-state index in [-0.39, 0.29) is 0 Å². The number of rotatable bonds is 1. The van der Waals surface area contributed by atoms with E-state index < -0.39 is 0 Å². The van der Waals surface area contributed by atoms with Crippen LogP contribution in [0.2, 0.25) is 0 Å². The zero-order valence-electron chi connectivity index (χ0n) is 7.90. The zero-order valence-corrected chi connectivity index (χ0v) is 7.90. The number of fused-ring (bicyclic) bond motifs is 1. The summed E-state index contributed by atoms with van der Waals surface area (Å²) >= 11 is 0. The van der Waals surface area contributed by atoms with Crippen molar-refractivity contribution in [3.05, 3.63) is 36.0 Å². The minimum Gasteiger partial charge on any atom is -0.397 e. The highest BCUT2D eigenvalue weighted by molar-refractivity contribution is 5.81. The molecule has 0 atom stereocenters. The number of anilines is 1. The molecule has 0 spiro atoms. The molecule has 1 aromatic carbocycles. The fraction of sp³-hybridized carbons (Fsp3) is 0.250. The summed E-state index contributed by atoms with van der Waals surface area (Å²) in [5.41, 5.74) is 8.89. The molecule has 3 rings (SSSR count). The van der Waals surface area contributed by atoms with Crippen molar-refractivity contribution in [1.82, 2.24) is 4.98 Å². The number of nitrogens with zero attached hydrogens (tertiary/aromatic N) is 1. The van der Waals surface area contributed by atoms with E-state index in [2.05, 4.69) is 23.2 Å². The Balaban J connectivity index is 2.18. The maximum absolute atomic E-state index is 5.67. The van der Waals surface area contributed by atoms with Crippen molar-refractivity contribution in [1.29, 1.82) is 0 Å². The van der Waals surface area contributed by atoms with Crippen molar-refractivity contribution in [2.24, 2.45) is 0 Å². The molecule has 1 aliphatic rings. The SMILES string of the molecule is Nc1cnc2cc(C3CC3)ccc2c1.